The third kappa shape index (κ3) is 2.15. The van der Waals surface area contributed by atoms with Crippen LogP contribution in [0.5, 0.6) is 0 Å². The monoisotopic (exact) mass is 273 g/mol. The zero-order valence-electron chi connectivity index (χ0n) is 11.0. The van der Waals surface area contributed by atoms with Gasteiger partial charge in [0.1, 0.15) is 0 Å². The molecule has 0 aliphatic rings. The van der Waals surface area contributed by atoms with E-state index >= 15 is 0 Å². The standard InChI is InChI=1S/C15H16ClN3/c1-10(2)8-19-9-18-15(16)14(19)12-7-17-13-6-4-3-5-11(12)13/h3-7,9-10,17H,8H2,1-2H3. The second kappa shape index (κ2) is 4.74. The van der Waals surface area contributed by atoms with Crippen molar-refractivity contribution in [3.05, 3.63) is 41.9 Å². The van der Waals surface area contributed by atoms with E-state index in [2.05, 4.69) is 40.5 Å². The summed E-state index contributed by atoms with van der Waals surface area (Å²) in [5, 5.41) is 1.74. The Morgan fingerprint density at radius 3 is 2.89 bits per heavy atom. The smallest absolute Gasteiger partial charge is 0.155 e. The summed E-state index contributed by atoms with van der Waals surface area (Å²) in [4.78, 5) is 7.53. The average molecular weight is 274 g/mol. The van der Waals surface area contributed by atoms with Crippen molar-refractivity contribution in [1.82, 2.24) is 14.5 Å². The van der Waals surface area contributed by atoms with Gasteiger partial charge in [-0.25, -0.2) is 4.98 Å². The molecule has 2 aromatic heterocycles. The molecule has 0 amide bonds. The Morgan fingerprint density at radius 2 is 2.11 bits per heavy atom. The first-order valence-corrected chi connectivity index (χ1v) is 6.81. The molecular formula is C15H16ClN3. The number of fused-ring (bicyclic) bond motifs is 1. The maximum absolute atomic E-state index is 6.27. The van der Waals surface area contributed by atoms with Crippen molar-refractivity contribution in [3.63, 3.8) is 0 Å². The van der Waals surface area contributed by atoms with Crippen LogP contribution in [0.1, 0.15) is 13.8 Å². The molecular weight excluding hydrogens is 258 g/mol. The molecule has 0 aliphatic carbocycles. The molecule has 0 spiro atoms. The Kier molecular flexibility index (Phi) is 3.07. The van der Waals surface area contributed by atoms with Crippen molar-refractivity contribution >= 4 is 22.5 Å². The van der Waals surface area contributed by atoms with Gasteiger partial charge in [0.25, 0.3) is 0 Å². The predicted octanol–water partition coefficient (Wildman–Crippen LogP) is 4.34. The maximum atomic E-state index is 6.27. The van der Waals surface area contributed by atoms with Gasteiger partial charge >= 0.3 is 0 Å². The van der Waals surface area contributed by atoms with Gasteiger partial charge in [0, 0.05) is 29.2 Å². The fourth-order valence-electron chi connectivity index (χ4n) is 2.42. The Labute approximate surface area is 117 Å². The van der Waals surface area contributed by atoms with Crippen LogP contribution >= 0.6 is 11.6 Å². The summed E-state index contributed by atoms with van der Waals surface area (Å²) in [6.45, 7) is 5.29. The highest BCUT2D eigenvalue weighted by atomic mass is 35.5. The molecule has 0 saturated carbocycles. The number of rotatable bonds is 3. The van der Waals surface area contributed by atoms with Crippen LogP contribution in [-0.4, -0.2) is 14.5 Å². The Bertz CT molecular complexity index is 709. The van der Waals surface area contributed by atoms with Crippen LogP contribution in [0.25, 0.3) is 22.2 Å². The van der Waals surface area contributed by atoms with E-state index in [0.29, 0.717) is 11.1 Å². The first kappa shape index (κ1) is 12.3. The molecule has 1 aromatic carbocycles. The number of H-pyrrole nitrogens is 1. The van der Waals surface area contributed by atoms with Crippen LogP contribution < -0.4 is 0 Å². The number of hydrogen-bond acceptors (Lipinski definition) is 1. The third-order valence-electron chi connectivity index (χ3n) is 3.20. The molecule has 2 heterocycles. The van der Waals surface area contributed by atoms with E-state index < -0.39 is 0 Å². The molecule has 0 fully saturated rings. The zero-order chi connectivity index (χ0) is 13.4. The predicted molar refractivity (Wildman–Crippen MR) is 79.4 cm³/mol. The molecule has 0 saturated heterocycles. The van der Waals surface area contributed by atoms with Gasteiger partial charge in [-0.2, -0.15) is 0 Å². The summed E-state index contributed by atoms with van der Waals surface area (Å²) in [5.74, 6) is 0.550. The molecule has 3 nitrogen and oxygen atoms in total. The number of aromatic nitrogens is 3. The van der Waals surface area contributed by atoms with E-state index in [4.69, 9.17) is 11.6 Å². The molecule has 0 unspecified atom stereocenters. The lowest BCUT2D eigenvalue weighted by Crippen LogP contribution is -2.04. The first-order valence-electron chi connectivity index (χ1n) is 6.44. The summed E-state index contributed by atoms with van der Waals surface area (Å²) < 4.78 is 2.13. The largest absolute Gasteiger partial charge is 0.360 e. The van der Waals surface area contributed by atoms with Gasteiger partial charge in [-0.3, -0.25) is 0 Å². The van der Waals surface area contributed by atoms with Crippen LogP contribution in [0.2, 0.25) is 5.15 Å². The lowest BCUT2D eigenvalue weighted by atomic mass is 10.1. The van der Waals surface area contributed by atoms with Gasteiger partial charge < -0.3 is 9.55 Å². The Balaban J connectivity index is 2.18. The van der Waals surface area contributed by atoms with Crippen LogP contribution in [0, 0.1) is 5.92 Å². The van der Waals surface area contributed by atoms with E-state index in [-0.39, 0.29) is 0 Å². The third-order valence-corrected chi connectivity index (χ3v) is 3.48. The number of para-hydroxylation sites is 1. The van der Waals surface area contributed by atoms with Gasteiger partial charge in [0.05, 0.1) is 12.0 Å². The van der Waals surface area contributed by atoms with Crippen LogP contribution in [0.4, 0.5) is 0 Å². The average Bonchev–Trinajstić information content (AvgIpc) is 2.93. The molecule has 3 rings (SSSR count). The minimum atomic E-state index is 0.550. The second-order valence-corrected chi connectivity index (χ2v) is 5.54. The van der Waals surface area contributed by atoms with Crippen molar-refractivity contribution in [2.24, 2.45) is 5.92 Å². The number of nitrogens with zero attached hydrogens (tertiary/aromatic N) is 2. The number of benzene rings is 1. The number of halogens is 1. The van der Waals surface area contributed by atoms with E-state index in [0.717, 1.165) is 23.3 Å². The quantitative estimate of drug-likeness (QED) is 0.757. The second-order valence-electron chi connectivity index (χ2n) is 5.18. The molecule has 19 heavy (non-hydrogen) atoms. The molecule has 0 radical (unpaired) electrons. The molecule has 0 bridgehead atoms. The van der Waals surface area contributed by atoms with E-state index in [1.165, 1.54) is 5.39 Å². The van der Waals surface area contributed by atoms with E-state index in [9.17, 15) is 0 Å². The zero-order valence-corrected chi connectivity index (χ0v) is 11.8. The molecule has 0 aliphatic heterocycles. The summed E-state index contributed by atoms with van der Waals surface area (Å²) in [7, 11) is 0. The topological polar surface area (TPSA) is 33.6 Å². The van der Waals surface area contributed by atoms with Gasteiger partial charge in [-0.1, -0.05) is 43.6 Å². The Hall–Kier alpha value is -1.74. The fraction of sp³-hybridized carbons (Fsp3) is 0.267. The van der Waals surface area contributed by atoms with Crippen LogP contribution in [0.15, 0.2) is 36.8 Å². The van der Waals surface area contributed by atoms with Crippen molar-refractivity contribution in [2.45, 2.75) is 20.4 Å². The van der Waals surface area contributed by atoms with Crippen molar-refractivity contribution in [3.8, 4) is 11.3 Å². The summed E-state index contributed by atoms with van der Waals surface area (Å²) in [6.07, 6.45) is 3.82. The molecule has 0 atom stereocenters. The highest BCUT2D eigenvalue weighted by Crippen LogP contribution is 2.33. The highest BCUT2D eigenvalue weighted by molar-refractivity contribution is 6.32. The summed E-state index contributed by atoms with van der Waals surface area (Å²) in [5.41, 5.74) is 3.22. The van der Waals surface area contributed by atoms with Gasteiger partial charge in [-0.15, -0.1) is 0 Å². The normalized spacial score (nSPS) is 11.6. The number of aromatic amines is 1. The minimum Gasteiger partial charge on any atom is -0.360 e. The first-order chi connectivity index (χ1) is 9.16. The fourth-order valence-corrected chi connectivity index (χ4v) is 2.68. The van der Waals surface area contributed by atoms with E-state index in [1.807, 2.05) is 24.7 Å². The SMILES string of the molecule is CC(C)Cn1cnc(Cl)c1-c1c[nH]c2ccccc12. The van der Waals surface area contributed by atoms with Crippen molar-refractivity contribution < 1.29 is 0 Å². The van der Waals surface area contributed by atoms with Crippen LogP contribution in [-0.2, 0) is 6.54 Å². The Morgan fingerprint density at radius 1 is 1.32 bits per heavy atom. The molecule has 1 N–H and O–H groups in total. The lowest BCUT2D eigenvalue weighted by molar-refractivity contribution is 0.526. The molecule has 3 aromatic rings. The number of nitrogens with one attached hydrogen (secondary N) is 1. The van der Waals surface area contributed by atoms with Crippen molar-refractivity contribution in [1.29, 1.82) is 0 Å². The van der Waals surface area contributed by atoms with Crippen LogP contribution in [0.3, 0.4) is 0 Å². The summed E-state index contributed by atoms with van der Waals surface area (Å²) in [6, 6.07) is 8.23. The van der Waals surface area contributed by atoms with Gasteiger partial charge in [0.2, 0.25) is 0 Å². The summed E-state index contributed by atoms with van der Waals surface area (Å²) >= 11 is 6.27. The maximum Gasteiger partial charge on any atom is 0.155 e. The van der Waals surface area contributed by atoms with Gasteiger partial charge in [0.15, 0.2) is 5.15 Å². The molecule has 4 heteroatoms. The number of imidazole rings is 1. The van der Waals surface area contributed by atoms with Gasteiger partial charge in [-0.05, 0) is 12.0 Å². The van der Waals surface area contributed by atoms with Crippen molar-refractivity contribution in [2.75, 3.05) is 0 Å². The highest BCUT2D eigenvalue weighted by Gasteiger charge is 2.15. The molecule has 98 valence electrons. The number of hydrogen-bond donors (Lipinski definition) is 1. The minimum absolute atomic E-state index is 0.550. The van der Waals surface area contributed by atoms with E-state index in [1.54, 1.807) is 0 Å². The lowest BCUT2D eigenvalue weighted by Gasteiger charge is -2.10.